The lowest BCUT2D eigenvalue weighted by molar-refractivity contribution is -0.140. The summed E-state index contributed by atoms with van der Waals surface area (Å²) in [4.78, 5) is 15.6. The minimum Gasteiger partial charge on any atom is -0.380 e. The van der Waals surface area contributed by atoms with Gasteiger partial charge in [0.15, 0.2) is 0 Å². The fraction of sp³-hybridized carbons (Fsp3) is 0.462. The summed E-state index contributed by atoms with van der Waals surface area (Å²) in [6.45, 7) is 0.795. The predicted molar refractivity (Wildman–Crippen MR) is 142 cm³/mol. The highest BCUT2D eigenvalue weighted by Gasteiger charge is 2.43. The van der Waals surface area contributed by atoms with E-state index in [0.717, 1.165) is 30.7 Å². The van der Waals surface area contributed by atoms with E-state index in [-0.39, 0.29) is 22.3 Å². The molecule has 1 amide bonds. The zero-order valence-corrected chi connectivity index (χ0v) is 22.9. The molecule has 0 aliphatic heterocycles. The topological polar surface area (TPSA) is 112 Å². The van der Waals surface area contributed by atoms with E-state index in [4.69, 9.17) is 4.74 Å². The van der Waals surface area contributed by atoms with Crippen molar-refractivity contribution in [3.8, 4) is 6.07 Å². The second-order valence-electron chi connectivity index (χ2n) is 9.36. The van der Waals surface area contributed by atoms with Gasteiger partial charge in [0.25, 0.3) is 15.9 Å². The minimum absolute atomic E-state index is 0.0457. The standard InChI is InChI=1S/C26H33FN4O4S2/c1-31(2)15-12-21(18-36-22-8-6-20(27)7-9-22)29-24-11-10-23(16-19(24)17-28)37(33,34)30-25(32)26(35-3)13-4-5-14-26/h6-11,16,21,29H,4-5,12-15,18H2,1-3H3,(H,30,32)/t21-/m1/s1. The molecule has 0 saturated heterocycles. The average molecular weight is 549 g/mol. The summed E-state index contributed by atoms with van der Waals surface area (Å²) in [6.07, 6.45) is 3.26. The Kier molecular flexibility index (Phi) is 9.95. The number of sulfonamides is 1. The molecule has 8 nitrogen and oxygen atoms in total. The highest BCUT2D eigenvalue weighted by atomic mass is 32.2. The van der Waals surface area contributed by atoms with Crippen LogP contribution < -0.4 is 10.0 Å². The Hall–Kier alpha value is -2.65. The van der Waals surface area contributed by atoms with Gasteiger partial charge in [-0.05, 0) is 95.2 Å². The van der Waals surface area contributed by atoms with Gasteiger partial charge in [-0.1, -0.05) is 0 Å². The molecule has 1 saturated carbocycles. The van der Waals surface area contributed by atoms with Crippen LogP contribution in [0.25, 0.3) is 0 Å². The monoisotopic (exact) mass is 548 g/mol. The summed E-state index contributed by atoms with van der Waals surface area (Å²) in [5.41, 5.74) is -0.492. The van der Waals surface area contributed by atoms with Crippen LogP contribution in [0.3, 0.4) is 0 Å². The summed E-state index contributed by atoms with van der Waals surface area (Å²) < 4.78 is 46.7. The van der Waals surface area contributed by atoms with Crippen LogP contribution in [-0.4, -0.2) is 64.4 Å². The predicted octanol–water partition coefficient (Wildman–Crippen LogP) is 3.99. The second-order valence-corrected chi connectivity index (χ2v) is 12.1. The van der Waals surface area contributed by atoms with E-state index in [9.17, 15) is 22.9 Å². The molecule has 1 atom stereocenters. The van der Waals surface area contributed by atoms with Crippen LogP contribution in [0.15, 0.2) is 52.3 Å². The molecule has 1 aliphatic carbocycles. The highest BCUT2D eigenvalue weighted by Crippen LogP contribution is 2.33. The molecule has 0 bridgehead atoms. The van der Waals surface area contributed by atoms with Gasteiger partial charge < -0.3 is 15.0 Å². The lowest BCUT2D eigenvalue weighted by Gasteiger charge is -2.25. The molecule has 0 spiro atoms. The van der Waals surface area contributed by atoms with Crippen LogP contribution in [-0.2, 0) is 19.6 Å². The van der Waals surface area contributed by atoms with Gasteiger partial charge in [-0.25, -0.2) is 17.5 Å². The van der Waals surface area contributed by atoms with Crippen molar-refractivity contribution in [1.82, 2.24) is 9.62 Å². The molecule has 1 fully saturated rings. The summed E-state index contributed by atoms with van der Waals surface area (Å²) in [7, 11) is 1.16. The number of ether oxygens (including phenoxy) is 1. The van der Waals surface area contributed by atoms with E-state index in [2.05, 4.69) is 21.0 Å². The Balaban J connectivity index is 1.76. The number of methoxy groups -OCH3 is 1. The van der Waals surface area contributed by atoms with Crippen molar-refractivity contribution < 1.29 is 22.3 Å². The molecule has 0 radical (unpaired) electrons. The van der Waals surface area contributed by atoms with E-state index >= 15 is 0 Å². The third kappa shape index (κ3) is 7.68. The molecule has 0 heterocycles. The van der Waals surface area contributed by atoms with E-state index in [1.807, 2.05) is 14.1 Å². The first-order chi connectivity index (χ1) is 17.6. The third-order valence-electron chi connectivity index (χ3n) is 6.41. The highest BCUT2D eigenvalue weighted by molar-refractivity contribution is 7.99. The maximum atomic E-state index is 13.2. The quantitative estimate of drug-likeness (QED) is 0.383. The van der Waals surface area contributed by atoms with Crippen LogP contribution in [0.1, 0.15) is 37.7 Å². The van der Waals surface area contributed by atoms with Crippen molar-refractivity contribution in [1.29, 1.82) is 5.26 Å². The molecule has 2 aromatic carbocycles. The third-order valence-corrected chi connectivity index (χ3v) is 8.92. The van der Waals surface area contributed by atoms with Crippen molar-refractivity contribution in [2.75, 3.05) is 38.8 Å². The number of carbonyl (C=O) groups is 1. The fourth-order valence-corrected chi connectivity index (χ4v) is 6.25. The Bertz CT molecular complexity index is 1220. The minimum atomic E-state index is -4.19. The molecule has 200 valence electrons. The van der Waals surface area contributed by atoms with Crippen molar-refractivity contribution in [3.63, 3.8) is 0 Å². The van der Waals surface area contributed by atoms with Gasteiger partial charge in [-0.2, -0.15) is 5.26 Å². The summed E-state index contributed by atoms with van der Waals surface area (Å²) >= 11 is 1.56. The van der Waals surface area contributed by atoms with E-state index in [1.54, 1.807) is 30.0 Å². The number of thioether (sulfide) groups is 1. The number of hydrogen-bond donors (Lipinski definition) is 2. The molecule has 0 aromatic heterocycles. The summed E-state index contributed by atoms with van der Waals surface area (Å²) in [5.74, 6) is -0.327. The van der Waals surface area contributed by atoms with Gasteiger partial charge >= 0.3 is 0 Å². The Morgan fingerprint density at radius 3 is 2.49 bits per heavy atom. The maximum Gasteiger partial charge on any atom is 0.265 e. The molecule has 2 N–H and O–H groups in total. The van der Waals surface area contributed by atoms with Gasteiger partial charge in [0.2, 0.25) is 0 Å². The fourth-order valence-electron chi connectivity index (χ4n) is 4.21. The zero-order valence-electron chi connectivity index (χ0n) is 21.3. The number of halogens is 1. The maximum absolute atomic E-state index is 13.2. The van der Waals surface area contributed by atoms with Gasteiger partial charge in [0.1, 0.15) is 17.5 Å². The number of hydrogen-bond acceptors (Lipinski definition) is 8. The Labute approximate surface area is 222 Å². The number of anilines is 1. The summed E-state index contributed by atoms with van der Waals surface area (Å²) in [6, 6.07) is 12.5. The largest absolute Gasteiger partial charge is 0.380 e. The first kappa shape index (κ1) is 28.9. The van der Waals surface area contributed by atoms with E-state index in [0.29, 0.717) is 24.3 Å². The molecular weight excluding hydrogens is 515 g/mol. The lowest BCUT2D eigenvalue weighted by atomic mass is 10.0. The Morgan fingerprint density at radius 2 is 1.89 bits per heavy atom. The van der Waals surface area contributed by atoms with Gasteiger partial charge in [-0.15, -0.1) is 11.8 Å². The van der Waals surface area contributed by atoms with Crippen molar-refractivity contribution in [2.24, 2.45) is 0 Å². The van der Waals surface area contributed by atoms with Crippen LogP contribution in [0, 0.1) is 17.1 Å². The smallest absolute Gasteiger partial charge is 0.265 e. The first-order valence-electron chi connectivity index (χ1n) is 12.0. The first-order valence-corrected chi connectivity index (χ1v) is 14.5. The molecule has 1 aliphatic rings. The van der Waals surface area contributed by atoms with Crippen LogP contribution in [0.5, 0.6) is 0 Å². The number of nitriles is 1. The van der Waals surface area contributed by atoms with Crippen molar-refractivity contribution in [3.05, 3.63) is 53.8 Å². The van der Waals surface area contributed by atoms with Crippen LogP contribution in [0.4, 0.5) is 10.1 Å². The number of nitrogens with zero attached hydrogens (tertiary/aromatic N) is 2. The van der Waals surface area contributed by atoms with Crippen molar-refractivity contribution >= 4 is 33.4 Å². The van der Waals surface area contributed by atoms with Crippen molar-refractivity contribution in [2.45, 2.75) is 53.5 Å². The van der Waals surface area contributed by atoms with E-state index in [1.165, 1.54) is 31.4 Å². The van der Waals surface area contributed by atoms with Gasteiger partial charge in [0.05, 0.1) is 16.1 Å². The molecule has 37 heavy (non-hydrogen) atoms. The van der Waals surface area contributed by atoms with Crippen LogP contribution >= 0.6 is 11.8 Å². The number of rotatable bonds is 12. The van der Waals surface area contributed by atoms with E-state index < -0.39 is 21.5 Å². The van der Waals surface area contributed by atoms with Gasteiger partial charge in [-0.3, -0.25) is 4.79 Å². The molecular formula is C26H33FN4O4S2. The molecule has 3 rings (SSSR count). The Morgan fingerprint density at radius 1 is 1.22 bits per heavy atom. The number of benzene rings is 2. The zero-order chi connectivity index (χ0) is 27.1. The number of nitrogens with one attached hydrogen (secondary N) is 2. The van der Waals surface area contributed by atoms with Crippen LogP contribution in [0.2, 0.25) is 0 Å². The second kappa shape index (κ2) is 12.7. The number of amides is 1. The SMILES string of the molecule is COC1(C(=O)NS(=O)(=O)c2ccc(N[C@H](CCN(C)C)CSc3ccc(F)cc3)c(C#N)c2)CCCC1. The number of carbonyl (C=O) groups excluding carboxylic acids is 1. The lowest BCUT2D eigenvalue weighted by Crippen LogP contribution is -2.48. The average Bonchev–Trinajstić information content (AvgIpc) is 3.37. The summed E-state index contributed by atoms with van der Waals surface area (Å²) in [5, 5.41) is 13.1. The normalized spacial score (nSPS) is 15.8. The molecule has 0 unspecified atom stereocenters. The molecule has 11 heteroatoms. The van der Waals surface area contributed by atoms with Gasteiger partial charge in [0, 0.05) is 23.8 Å². The molecule has 2 aromatic rings.